The van der Waals surface area contributed by atoms with Gasteiger partial charge in [-0.25, -0.2) is 4.79 Å². The first kappa shape index (κ1) is 76.9. The predicted molar refractivity (Wildman–Crippen MR) is 340 cm³/mol. The van der Waals surface area contributed by atoms with Gasteiger partial charge in [0.05, 0.1) is 6.61 Å². The highest BCUT2D eigenvalue weighted by molar-refractivity contribution is 5.74. The van der Waals surface area contributed by atoms with Gasteiger partial charge in [0.2, 0.25) is 0 Å². The van der Waals surface area contributed by atoms with Gasteiger partial charge in [-0.1, -0.05) is 266 Å². The molecule has 0 bridgehead atoms. The summed E-state index contributed by atoms with van der Waals surface area (Å²) in [6.45, 7) is 5.84. The summed E-state index contributed by atoms with van der Waals surface area (Å²) >= 11 is 0. The summed E-state index contributed by atoms with van der Waals surface area (Å²) in [6, 6.07) is 0. The number of carbonyl (C=O) groups is 4. The van der Waals surface area contributed by atoms with Crippen LogP contribution in [-0.2, 0) is 42.9 Å². The number of aliphatic carboxylic acids is 1. The molecule has 6 atom stereocenters. The molecule has 0 aromatic carbocycles. The topological polar surface area (TPSA) is 175 Å². The minimum Gasteiger partial charge on any atom is -0.479 e. The Morgan fingerprint density at radius 1 is 0.410 bits per heavy atom. The Bertz CT molecular complexity index is 1760. The van der Waals surface area contributed by atoms with E-state index in [1.54, 1.807) is 0 Å². The zero-order valence-electron chi connectivity index (χ0n) is 52.7. The van der Waals surface area contributed by atoms with Gasteiger partial charge >= 0.3 is 23.9 Å². The molecule has 0 spiro atoms. The largest absolute Gasteiger partial charge is 0.479 e. The number of rotatable bonds is 57. The molecule has 1 heterocycles. The first-order valence-electron chi connectivity index (χ1n) is 33.6. The molecule has 0 aliphatic carbocycles. The number of hydrogen-bond donors (Lipinski definition) is 3. The Morgan fingerprint density at radius 3 is 1.22 bits per heavy atom. The van der Waals surface area contributed by atoms with Crippen LogP contribution < -0.4 is 0 Å². The van der Waals surface area contributed by atoms with Gasteiger partial charge in [-0.3, -0.25) is 14.4 Å². The van der Waals surface area contributed by atoms with E-state index in [4.69, 9.17) is 23.7 Å². The van der Waals surface area contributed by atoms with Crippen molar-refractivity contribution >= 4 is 23.9 Å². The summed E-state index contributed by atoms with van der Waals surface area (Å²) in [5, 5.41) is 31.6. The number of ether oxygens (including phenoxy) is 5. The summed E-state index contributed by atoms with van der Waals surface area (Å²) < 4.78 is 28.5. The lowest BCUT2D eigenvalue weighted by molar-refractivity contribution is -0.301. The molecule has 12 nitrogen and oxygen atoms in total. The maximum Gasteiger partial charge on any atom is 0.335 e. The zero-order chi connectivity index (χ0) is 60.3. The van der Waals surface area contributed by atoms with Crippen LogP contribution in [0.5, 0.6) is 0 Å². The lowest BCUT2D eigenvalue weighted by Crippen LogP contribution is -2.61. The third-order valence-corrected chi connectivity index (χ3v) is 15.0. The van der Waals surface area contributed by atoms with Crippen LogP contribution in [0.25, 0.3) is 0 Å². The standard InChI is InChI=1S/C71H120O12/c1-4-7-10-13-16-19-22-25-28-31-32-35-38-41-44-47-50-53-56-59-65(74)82-69-67(76)66(75)68(70(77)78)83-71(69)80-61-62(81-64(73)58-55-52-49-46-43-40-37-34-30-27-24-21-18-15-12-9-6-3)60-79-63(72)57-54-51-48-45-42-39-36-33-29-26-23-20-17-14-11-8-5-2/h8,11,17-18,20-21,26-27,29-30,36,39,45,48,62,66-69,71,75-76H,4-7,9-10,12-16,19,22-25,28,31-35,37-38,40-44,46-47,49-61H2,1-3H3,(H,77,78)/b11-8-,20-17-,21-18-,29-26-,30-27-,39-36-,48-45-. The summed E-state index contributed by atoms with van der Waals surface area (Å²) in [7, 11) is 0. The van der Waals surface area contributed by atoms with E-state index >= 15 is 0 Å². The minimum atomic E-state index is -1.91. The van der Waals surface area contributed by atoms with Crippen molar-refractivity contribution in [2.75, 3.05) is 13.2 Å². The molecule has 1 aliphatic heterocycles. The zero-order valence-corrected chi connectivity index (χ0v) is 52.7. The number of carbonyl (C=O) groups excluding carboxylic acids is 3. The van der Waals surface area contributed by atoms with Crippen LogP contribution in [0.15, 0.2) is 85.1 Å². The third kappa shape index (κ3) is 47.8. The second kappa shape index (κ2) is 58.3. The molecular formula is C71H120O12. The van der Waals surface area contributed by atoms with E-state index in [1.807, 2.05) is 6.08 Å². The van der Waals surface area contributed by atoms with Crippen molar-refractivity contribution in [2.45, 2.75) is 327 Å². The van der Waals surface area contributed by atoms with Crippen LogP contribution in [0.1, 0.15) is 290 Å². The van der Waals surface area contributed by atoms with Crippen LogP contribution in [0.4, 0.5) is 0 Å². The molecule has 1 rings (SSSR count). The Hall–Kier alpha value is -4.10. The number of aliphatic hydroxyl groups is 2. The first-order chi connectivity index (χ1) is 40.6. The van der Waals surface area contributed by atoms with Crippen molar-refractivity contribution in [3.8, 4) is 0 Å². The van der Waals surface area contributed by atoms with Crippen molar-refractivity contribution in [3.05, 3.63) is 85.1 Å². The van der Waals surface area contributed by atoms with Gasteiger partial charge in [0.25, 0.3) is 0 Å². The summed E-state index contributed by atoms with van der Waals surface area (Å²) in [4.78, 5) is 51.4. The van der Waals surface area contributed by atoms with Crippen molar-refractivity contribution < 1.29 is 58.2 Å². The van der Waals surface area contributed by atoms with Crippen molar-refractivity contribution in [1.29, 1.82) is 0 Å². The Labute approximate surface area is 505 Å². The number of aliphatic hydroxyl groups excluding tert-OH is 2. The van der Waals surface area contributed by atoms with E-state index in [0.29, 0.717) is 25.7 Å². The van der Waals surface area contributed by atoms with Gasteiger partial charge in [0, 0.05) is 19.3 Å². The molecule has 12 heteroatoms. The van der Waals surface area contributed by atoms with E-state index in [2.05, 4.69) is 99.8 Å². The molecule has 0 radical (unpaired) electrons. The molecule has 476 valence electrons. The van der Waals surface area contributed by atoms with Crippen LogP contribution in [0, 0.1) is 0 Å². The molecule has 6 unspecified atom stereocenters. The molecular weight excluding hydrogens is 1040 g/mol. The second-order valence-corrected chi connectivity index (χ2v) is 22.7. The lowest BCUT2D eigenvalue weighted by atomic mass is 9.98. The molecule has 0 saturated carbocycles. The van der Waals surface area contributed by atoms with Crippen molar-refractivity contribution in [2.24, 2.45) is 0 Å². The number of unbranched alkanes of at least 4 members (excludes halogenated alkanes) is 29. The molecule has 0 aromatic heterocycles. The number of allylic oxidation sites excluding steroid dienone is 14. The highest BCUT2D eigenvalue weighted by Gasteiger charge is 2.50. The monoisotopic (exact) mass is 1160 g/mol. The fourth-order valence-electron chi connectivity index (χ4n) is 9.85. The fraction of sp³-hybridized carbons (Fsp3) is 0.746. The Balaban J connectivity index is 2.68. The smallest absolute Gasteiger partial charge is 0.335 e. The average Bonchev–Trinajstić information content (AvgIpc) is 3.58. The number of carboxylic acids is 1. The van der Waals surface area contributed by atoms with Gasteiger partial charge in [0.15, 0.2) is 24.6 Å². The van der Waals surface area contributed by atoms with E-state index in [9.17, 15) is 34.5 Å². The maximum absolute atomic E-state index is 13.2. The van der Waals surface area contributed by atoms with Gasteiger partial charge < -0.3 is 39.0 Å². The first-order valence-corrected chi connectivity index (χ1v) is 33.6. The van der Waals surface area contributed by atoms with Crippen LogP contribution in [0.2, 0.25) is 0 Å². The van der Waals surface area contributed by atoms with Gasteiger partial charge in [-0.05, 0) is 89.9 Å². The maximum atomic E-state index is 13.2. The average molecular weight is 1170 g/mol. The van der Waals surface area contributed by atoms with Gasteiger partial charge in [-0.15, -0.1) is 0 Å². The minimum absolute atomic E-state index is 0.0552. The summed E-state index contributed by atoms with van der Waals surface area (Å²) in [6.07, 6.45) is 64.0. The molecule has 1 saturated heterocycles. The summed E-state index contributed by atoms with van der Waals surface area (Å²) in [5.74, 6) is -3.19. The number of esters is 3. The van der Waals surface area contributed by atoms with E-state index < -0.39 is 67.3 Å². The molecule has 83 heavy (non-hydrogen) atoms. The van der Waals surface area contributed by atoms with Gasteiger partial charge in [-0.2, -0.15) is 0 Å². The van der Waals surface area contributed by atoms with E-state index in [-0.39, 0.29) is 25.9 Å². The van der Waals surface area contributed by atoms with Crippen LogP contribution in [-0.4, -0.2) is 89.2 Å². The normalized spacial score (nSPS) is 18.1. The highest BCUT2D eigenvalue weighted by Crippen LogP contribution is 2.27. The Kier molecular flexibility index (Phi) is 54.0. The second-order valence-electron chi connectivity index (χ2n) is 22.7. The molecule has 0 amide bonds. The lowest BCUT2D eigenvalue weighted by Gasteiger charge is -2.40. The summed E-state index contributed by atoms with van der Waals surface area (Å²) in [5.41, 5.74) is 0. The molecule has 0 aromatic rings. The van der Waals surface area contributed by atoms with E-state index in [1.165, 1.54) is 116 Å². The molecule has 3 N–H and O–H groups in total. The highest BCUT2D eigenvalue weighted by atomic mass is 16.7. The van der Waals surface area contributed by atoms with Crippen molar-refractivity contribution in [1.82, 2.24) is 0 Å². The van der Waals surface area contributed by atoms with Crippen molar-refractivity contribution in [3.63, 3.8) is 0 Å². The molecule has 1 aliphatic rings. The third-order valence-electron chi connectivity index (χ3n) is 15.0. The number of hydrogen-bond acceptors (Lipinski definition) is 11. The van der Waals surface area contributed by atoms with Crippen LogP contribution >= 0.6 is 0 Å². The van der Waals surface area contributed by atoms with E-state index in [0.717, 1.165) is 109 Å². The predicted octanol–water partition coefficient (Wildman–Crippen LogP) is 18.2. The SMILES string of the molecule is CC/C=C\C/C=C\C/C=C\C/C=C\C/C=C\CCCC(=O)OCC(COC1OC(C(=O)O)C(O)C(O)C1OC(=O)CCCCCCCCCCCCCCCCCCCCC)OC(=O)CCCCCCCCC/C=C\C/C=C\CCCCC. The van der Waals surface area contributed by atoms with Crippen LogP contribution in [0.3, 0.4) is 0 Å². The van der Waals surface area contributed by atoms with Gasteiger partial charge in [0.1, 0.15) is 18.8 Å². The fourth-order valence-corrected chi connectivity index (χ4v) is 9.85. The quantitative estimate of drug-likeness (QED) is 0.0228. The molecule has 1 fully saturated rings. The Morgan fingerprint density at radius 2 is 0.771 bits per heavy atom. The number of carboxylic acid groups (broad SMARTS) is 1.